The van der Waals surface area contributed by atoms with Crippen LogP contribution in [0.3, 0.4) is 0 Å². The molecule has 1 amide bonds. The van der Waals surface area contributed by atoms with Gasteiger partial charge in [-0.2, -0.15) is 0 Å². The maximum atomic E-state index is 12.3. The number of aromatic nitrogens is 1. The van der Waals surface area contributed by atoms with E-state index in [1.165, 1.54) is 0 Å². The highest BCUT2D eigenvalue weighted by molar-refractivity contribution is 6.34. The lowest BCUT2D eigenvalue weighted by Crippen LogP contribution is -2.30. The maximum Gasteiger partial charge on any atom is 0.272 e. The van der Waals surface area contributed by atoms with Crippen molar-refractivity contribution in [3.63, 3.8) is 0 Å². The first kappa shape index (κ1) is 12.4. The molecule has 0 bridgehead atoms. The molecule has 0 saturated carbocycles. The second-order valence-electron chi connectivity index (χ2n) is 4.71. The van der Waals surface area contributed by atoms with Crippen LogP contribution in [0.25, 0.3) is 10.8 Å². The second kappa shape index (κ2) is 4.79. The standard InChI is InChI=1S/C14H13ClN2O2/c15-13-11-4-2-1-3-9(11)7-12(16-13)14(19)17-6-5-10(18)8-17/h1-4,7,10,18H,5-6,8H2. The Hall–Kier alpha value is -1.65. The summed E-state index contributed by atoms with van der Waals surface area (Å²) in [4.78, 5) is 18.1. The van der Waals surface area contributed by atoms with E-state index in [9.17, 15) is 9.90 Å². The van der Waals surface area contributed by atoms with Crippen molar-refractivity contribution in [2.45, 2.75) is 12.5 Å². The van der Waals surface area contributed by atoms with Crippen molar-refractivity contribution < 1.29 is 9.90 Å². The Morgan fingerprint density at radius 3 is 2.95 bits per heavy atom. The minimum Gasteiger partial charge on any atom is -0.391 e. The number of aliphatic hydroxyl groups excluding tert-OH is 1. The van der Waals surface area contributed by atoms with Gasteiger partial charge >= 0.3 is 0 Å². The summed E-state index contributed by atoms with van der Waals surface area (Å²) in [6.07, 6.45) is 0.187. The maximum absolute atomic E-state index is 12.3. The van der Waals surface area contributed by atoms with Crippen molar-refractivity contribution in [2.24, 2.45) is 0 Å². The van der Waals surface area contributed by atoms with Crippen LogP contribution in [0.4, 0.5) is 0 Å². The van der Waals surface area contributed by atoms with Gasteiger partial charge in [-0.15, -0.1) is 0 Å². The van der Waals surface area contributed by atoms with Crippen LogP contribution in [0.15, 0.2) is 30.3 Å². The molecule has 1 fully saturated rings. The minimum absolute atomic E-state index is 0.177. The first-order valence-corrected chi connectivity index (χ1v) is 6.55. The fourth-order valence-electron chi connectivity index (χ4n) is 2.35. The first-order chi connectivity index (χ1) is 9.15. The highest BCUT2D eigenvalue weighted by Crippen LogP contribution is 2.23. The van der Waals surface area contributed by atoms with Gasteiger partial charge in [-0.25, -0.2) is 4.98 Å². The van der Waals surface area contributed by atoms with Crippen LogP contribution < -0.4 is 0 Å². The quantitative estimate of drug-likeness (QED) is 0.812. The number of benzene rings is 1. The Balaban J connectivity index is 1.99. The number of halogens is 1. The summed E-state index contributed by atoms with van der Waals surface area (Å²) in [5.74, 6) is -0.177. The van der Waals surface area contributed by atoms with E-state index in [0.29, 0.717) is 30.4 Å². The van der Waals surface area contributed by atoms with Crippen LogP contribution in [0, 0.1) is 0 Å². The number of fused-ring (bicyclic) bond motifs is 1. The Labute approximate surface area is 115 Å². The lowest BCUT2D eigenvalue weighted by Gasteiger charge is -2.15. The van der Waals surface area contributed by atoms with Gasteiger partial charge in [-0.3, -0.25) is 4.79 Å². The average molecular weight is 277 g/mol. The molecule has 5 heteroatoms. The summed E-state index contributed by atoms with van der Waals surface area (Å²) in [7, 11) is 0. The van der Waals surface area contributed by atoms with Crippen LogP contribution in [0.5, 0.6) is 0 Å². The Kier molecular flexibility index (Phi) is 3.12. The van der Waals surface area contributed by atoms with E-state index in [1.54, 1.807) is 11.0 Å². The van der Waals surface area contributed by atoms with E-state index in [1.807, 2.05) is 24.3 Å². The van der Waals surface area contributed by atoms with Gasteiger partial charge in [-0.05, 0) is 17.9 Å². The summed E-state index contributed by atoms with van der Waals surface area (Å²) in [5.41, 5.74) is 0.331. The zero-order chi connectivity index (χ0) is 13.4. The lowest BCUT2D eigenvalue weighted by molar-refractivity contribution is 0.0759. The molecule has 1 saturated heterocycles. The van der Waals surface area contributed by atoms with E-state index >= 15 is 0 Å². The topological polar surface area (TPSA) is 53.4 Å². The molecule has 0 spiro atoms. The van der Waals surface area contributed by atoms with Crippen molar-refractivity contribution in [2.75, 3.05) is 13.1 Å². The molecule has 3 rings (SSSR count). The molecule has 1 aliphatic heterocycles. The van der Waals surface area contributed by atoms with Gasteiger partial charge in [0.1, 0.15) is 10.8 Å². The molecule has 4 nitrogen and oxygen atoms in total. The SMILES string of the molecule is O=C(c1cc2ccccc2c(Cl)n1)N1CCC(O)C1. The van der Waals surface area contributed by atoms with Crippen LogP contribution in [0.1, 0.15) is 16.9 Å². The van der Waals surface area contributed by atoms with Gasteiger partial charge in [0.25, 0.3) is 5.91 Å². The monoisotopic (exact) mass is 276 g/mol. The van der Waals surface area contributed by atoms with Gasteiger partial charge < -0.3 is 10.0 Å². The molecular formula is C14H13ClN2O2. The largest absolute Gasteiger partial charge is 0.391 e. The van der Waals surface area contributed by atoms with Gasteiger partial charge in [0.15, 0.2) is 0 Å². The van der Waals surface area contributed by atoms with Crippen LogP contribution in [-0.2, 0) is 0 Å². The van der Waals surface area contributed by atoms with E-state index < -0.39 is 6.10 Å². The minimum atomic E-state index is -0.431. The number of rotatable bonds is 1. The summed E-state index contributed by atoms with van der Waals surface area (Å²) in [6, 6.07) is 9.30. The molecule has 98 valence electrons. The summed E-state index contributed by atoms with van der Waals surface area (Å²) in [5, 5.41) is 11.5. The van der Waals surface area contributed by atoms with Crippen LogP contribution in [0.2, 0.25) is 5.15 Å². The number of likely N-dealkylation sites (tertiary alicyclic amines) is 1. The highest BCUT2D eigenvalue weighted by atomic mass is 35.5. The molecule has 1 atom stereocenters. The van der Waals surface area contributed by atoms with Gasteiger partial charge in [-0.1, -0.05) is 35.9 Å². The number of carbonyl (C=O) groups is 1. The van der Waals surface area contributed by atoms with Crippen LogP contribution >= 0.6 is 11.6 Å². The Morgan fingerprint density at radius 1 is 1.42 bits per heavy atom. The van der Waals surface area contributed by atoms with E-state index in [2.05, 4.69) is 4.98 Å². The van der Waals surface area contributed by atoms with Gasteiger partial charge in [0.2, 0.25) is 0 Å². The van der Waals surface area contributed by atoms with E-state index in [4.69, 9.17) is 11.6 Å². The van der Waals surface area contributed by atoms with Gasteiger partial charge in [0, 0.05) is 18.5 Å². The number of pyridine rings is 1. The molecule has 1 aromatic carbocycles. The zero-order valence-electron chi connectivity index (χ0n) is 10.2. The number of carbonyl (C=O) groups excluding carboxylic acids is 1. The van der Waals surface area contributed by atoms with Crippen molar-refractivity contribution >= 4 is 28.3 Å². The van der Waals surface area contributed by atoms with E-state index in [0.717, 1.165) is 10.8 Å². The number of aliphatic hydroxyl groups is 1. The molecule has 1 aromatic heterocycles. The Morgan fingerprint density at radius 2 is 2.21 bits per heavy atom. The molecule has 0 aliphatic carbocycles. The van der Waals surface area contributed by atoms with Crippen LogP contribution in [-0.4, -0.2) is 40.1 Å². The number of amides is 1. The van der Waals surface area contributed by atoms with Crippen molar-refractivity contribution in [3.05, 3.63) is 41.2 Å². The van der Waals surface area contributed by atoms with E-state index in [-0.39, 0.29) is 5.91 Å². The van der Waals surface area contributed by atoms with Crippen molar-refractivity contribution in [3.8, 4) is 0 Å². The second-order valence-corrected chi connectivity index (χ2v) is 5.07. The third kappa shape index (κ3) is 2.29. The molecule has 2 heterocycles. The zero-order valence-corrected chi connectivity index (χ0v) is 11.0. The van der Waals surface area contributed by atoms with Crippen molar-refractivity contribution in [1.82, 2.24) is 9.88 Å². The molecule has 1 N–H and O–H groups in total. The highest BCUT2D eigenvalue weighted by Gasteiger charge is 2.26. The predicted octanol–water partition coefficient (Wildman–Crippen LogP) is 2.09. The predicted molar refractivity (Wildman–Crippen MR) is 73.3 cm³/mol. The summed E-state index contributed by atoms with van der Waals surface area (Å²) < 4.78 is 0. The molecule has 0 radical (unpaired) electrons. The first-order valence-electron chi connectivity index (χ1n) is 6.18. The third-order valence-electron chi connectivity index (χ3n) is 3.36. The van der Waals surface area contributed by atoms with Crippen molar-refractivity contribution in [1.29, 1.82) is 0 Å². The molecule has 1 unspecified atom stereocenters. The fraction of sp³-hybridized carbons (Fsp3) is 0.286. The smallest absolute Gasteiger partial charge is 0.272 e. The number of nitrogens with zero attached hydrogens (tertiary/aromatic N) is 2. The lowest BCUT2D eigenvalue weighted by atomic mass is 10.1. The Bertz CT molecular complexity index is 644. The molecular weight excluding hydrogens is 264 g/mol. The molecule has 2 aromatic rings. The fourth-order valence-corrected chi connectivity index (χ4v) is 2.62. The molecule has 1 aliphatic rings. The number of β-amino-alcohol motifs (C(OH)–C–C–N with tert-alkyl or cyclic N) is 1. The third-order valence-corrected chi connectivity index (χ3v) is 3.65. The molecule has 19 heavy (non-hydrogen) atoms. The number of hydrogen-bond donors (Lipinski definition) is 1. The summed E-state index contributed by atoms with van der Waals surface area (Å²) in [6.45, 7) is 0.928. The van der Waals surface area contributed by atoms with Gasteiger partial charge in [0.05, 0.1) is 6.10 Å². The average Bonchev–Trinajstić information content (AvgIpc) is 2.84. The summed E-state index contributed by atoms with van der Waals surface area (Å²) >= 11 is 6.11. The number of hydrogen-bond acceptors (Lipinski definition) is 3. The normalized spacial score (nSPS) is 19.1.